The number of aryl methyl sites for hydroxylation is 2. The Morgan fingerprint density at radius 3 is 2.10 bits per heavy atom. The molecule has 1 heterocycles. The predicted octanol–water partition coefficient (Wildman–Crippen LogP) is 5.71. The average molecular weight is 431 g/mol. The van der Waals surface area contributed by atoms with Gasteiger partial charge in [0, 0.05) is 25.9 Å². The van der Waals surface area contributed by atoms with E-state index in [1.54, 1.807) is 12.3 Å². The molecule has 0 aliphatic rings. The van der Waals surface area contributed by atoms with Crippen LogP contribution in [0, 0.1) is 5.41 Å². The Hall–Kier alpha value is -2.63. The lowest BCUT2D eigenvalue weighted by Gasteiger charge is -2.23. The van der Waals surface area contributed by atoms with Gasteiger partial charge in [0.2, 0.25) is 0 Å². The van der Waals surface area contributed by atoms with Gasteiger partial charge in [-0.25, -0.2) is 4.98 Å². The number of aliphatic carboxylic acids is 2. The van der Waals surface area contributed by atoms with Gasteiger partial charge in [0.15, 0.2) is 5.41 Å². The van der Waals surface area contributed by atoms with Crippen molar-refractivity contribution in [3.8, 4) is 0 Å². The van der Waals surface area contributed by atoms with Gasteiger partial charge < -0.3 is 14.8 Å². The van der Waals surface area contributed by atoms with E-state index in [4.69, 9.17) is 0 Å². The van der Waals surface area contributed by atoms with E-state index in [-0.39, 0.29) is 12.8 Å². The Kier molecular flexibility index (Phi) is 11.0. The molecule has 6 heteroatoms. The van der Waals surface area contributed by atoms with Crippen LogP contribution in [0.1, 0.15) is 78.5 Å². The topological polar surface area (TPSA) is 92.4 Å². The maximum absolute atomic E-state index is 11.9. The minimum atomic E-state index is -1.80. The maximum Gasteiger partial charge on any atom is 0.321 e. The first-order valence-corrected chi connectivity index (χ1v) is 11.0. The maximum atomic E-state index is 11.9. The van der Waals surface area contributed by atoms with E-state index in [1.165, 1.54) is 11.1 Å². The Bertz CT molecular complexity index is 812. The molecule has 6 nitrogen and oxygen atoms in total. The molecule has 0 aliphatic heterocycles. The van der Waals surface area contributed by atoms with Gasteiger partial charge in [-0.3, -0.25) is 9.59 Å². The molecule has 172 valence electrons. The zero-order chi connectivity index (χ0) is 23.4. The molecule has 1 rings (SSSR count). The third-order valence-electron chi connectivity index (χ3n) is 5.67. The molecule has 0 atom stereocenters. The zero-order valence-electron chi connectivity index (χ0n) is 19.6. The van der Waals surface area contributed by atoms with Gasteiger partial charge >= 0.3 is 11.9 Å². The quantitative estimate of drug-likeness (QED) is 0.291. The number of nitrogens with zero attached hydrogens (tertiary/aromatic N) is 2. The van der Waals surface area contributed by atoms with Crippen molar-refractivity contribution in [3.05, 3.63) is 53.2 Å². The first-order chi connectivity index (χ1) is 14.6. The summed E-state index contributed by atoms with van der Waals surface area (Å²) in [6, 6.07) is 0. The van der Waals surface area contributed by atoms with Crippen LogP contribution in [0.25, 0.3) is 0 Å². The molecule has 31 heavy (non-hydrogen) atoms. The SMILES string of the molecule is CC(C)=CCC/C(C)=C/CC/C(C)=C/CC(CCCc1nccn1C)(C(=O)O)C(=O)O. The highest BCUT2D eigenvalue weighted by molar-refractivity contribution is 5.98. The van der Waals surface area contributed by atoms with Crippen molar-refractivity contribution in [1.29, 1.82) is 0 Å². The number of imidazole rings is 1. The van der Waals surface area contributed by atoms with Crippen LogP contribution in [0.4, 0.5) is 0 Å². The normalized spacial score (nSPS) is 12.7. The van der Waals surface area contributed by atoms with Crippen LogP contribution in [-0.4, -0.2) is 31.7 Å². The molecule has 0 fully saturated rings. The Morgan fingerprint density at radius 2 is 1.58 bits per heavy atom. The van der Waals surface area contributed by atoms with Crippen LogP contribution in [-0.2, 0) is 23.1 Å². The lowest BCUT2D eigenvalue weighted by molar-refractivity contribution is -0.165. The third-order valence-corrected chi connectivity index (χ3v) is 5.67. The minimum Gasteiger partial charge on any atom is -0.480 e. The van der Waals surface area contributed by atoms with Gasteiger partial charge in [0.05, 0.1) is 0 Å². The van der Waals surface area contributed by atoms with E-state index in [1.807, 2.05) is 24.7 Å². The van der Waals surface area contributed by atoms with Crippen LogP contribution in [0.2, 0.25) is 0 Å². The van der Waals surface area contributed by atoms with E-state index in [9.17, 15) is 19.8 Å². The van der Waals surface area contributed by atoms with Gasteiger partial charge in [0.1, 0.15) is 5.82 Å². The molecular weight excluding hydrogens is 392 g/mol. The number of aromatic nitrogens is 2. The third kappa shape index (κ3) is 8.95. The minimum absolute atomic E-state index is 0.00661. The van der Waals surface area contributed by atoms with Crippen molar-refractivity contribution in [2.75, 3.05) is 0 Å². The van der Waals surface area contributed by atoms with Gasteiger partial charge in [0.25, 0.3) is 0 Å². The van der Waals surface area contributed by atoms with Gasteiger partial charge in [-0.1, -0.05) is 34.9 Å². The first-order valence-electron chi connectivity index (χ1n) is 11.0. The van der Waals surface area contributed by atoms with E-state index >= 15 is 0 Å². The molecular formula is C25H38N2O4. The zero-order valence-corrected chi connectivity index (χ0v) is 19.6. The van der Waals surface area contributed by atoms with Crippen molar-refractivity contribution in [3.63, 3.8) is 0 Å². The second-order valence-electron chi connectivity index (χ2n) is 8.66. The van der Waals surface area contributed by atoms with Crippen LogP contribution >= 0.6 is 0 Å². The summed E-state index contributed by atoms with van der Waals surface area (Å²) in [6.45, 7) is 8.26. The highest BCUT2D eigenvalue weighted by Gasteiger charge is 2.45. The summed E-state index contributed by atoms with van der Waals surface area (Å²) in [7, 11) is 1.87. The van der Waals surface area contributed by atoms with Crippen molar-refractivity contribution >= 4 is 11.9 Å². The molecule has 0 amide bonds. The molecule has 0 spiro atoms. The Balaban J connectivity index is 2.68. The molecule has 0 saturated heterocycles. The largest absolute Gasteiger partial charge is 0.480 e. The fourth-order valence-corrected chi connectivity index (χ4v) is 3.46. The summed E-state index contributed by atoms with van der Waals surface area (Å²) in [5.41, 5.74) is 1.88. The van der Waals surface area contributed by atoms with Gasteiger partial charge in [-0.15, -0.1) is 0 Å². The molecule has 1 aromatic rings. The lowest BCUT2D eigenvalue weighted by Crippen LogP contribution is -2.39. The van der Waals surface area contributed by atoms with E-state index in [2.05, 4.69) is 37.9 Å². The van der Waals surface area contributed by atoms with E-state index in [0.29, 0.717) is 12.8 Å². The highest BCUT2D eigenvalue weighted by Crippen LogP contribution is 2.31. The molecule has 2 N–H and O–H groups in total. The average Bonchev–Trinajstić information content (AvgIpc) is 3.08. The lowest BCUT2D eigenvalue weighted by atomic mass is 9.79. The number of carbonyl (C=O) groups is 2. The van der Waals surface area contributed by atoms with Crippen LogP contribution in [0.15, 0.2) is 47.3 Å². The fraction of sp³-hybridized carbons (Fsp3) is 0.560. The second kappa shape index (κ2) is 12.9. The fourth-order valence-electron chi connectivity index (χ4n) is 3.46. The summed E-state index contributed by atoms with van der Waals surface area (Å²) in [5.74, 6) is -1.74. The van der Waals surface area contributed by atoms with Crippen LogP contribution < -0.4 is 0 Å². The highest BCUT2D eigenvalue weighted by atomic mass is 16.4. The van der Waals surface area contributed by atoms with Gasteiger partial charge in [-0.05, 0) is 72.6 Å². The summed E-state index contributed by atoms with van der Waals surface area (Å²) < 4.78 is 1.86. The number of allylic oxidation sites excluding steroid dienone is 6. The first kappa shape index (κ1) is 26.4. The Labute approximate surface area is 186 Å². The summed E-state index contributed by atoms with van der Waals surface area (Å²) in [5, 5.41) is 19.5. The number of hydrogen-bond donors (Lipinski definition) is 2. The molecule has 0 aliphatic carbocycles. The van der Waals surface area contributed by atoms with E-state index < -0.39 is 17.4 Å². The van der Waals surface area contributed by atoms with Gasteiger partial charge in [-0.2, -0.15) is 0 Å². The predicted molar refractivity (Wildman–Crippen MR) is 124 cm³/mol. The molecule has 0 aromatic carbocycles. The van der Waals surface area contributed by atoms with E-state index in [0.717, 1.165) is 37.1 Å². The van der Waals surface area contributed by atoms with Crippen molar-refractivity contribution < 1.29 is 19.8 Å². The summed E-state index contributed by atoms with van der Waals surface area (Å²) in [4.78, 5) is 28.1. The molecule has 0 radical (unpaired) electrons. The second-order valence-corrected chi connectivity index (χ2v) is 8.66. The number of carboxylic acid groups (broad SMARTS) is 2. The molecule has 1 aromatic heterocycles. The smallest absolute Gasteiger partial charge is 0.321 e. The molecule has 0 unspecified atom stereocenters. The standard InChI is InChI=1S/C25H38N2O4/c1-19(2)9-6-10-20(3)11-7-12-21(4)14-16-25(23(28)29,24(30)31)15-8-13-22-26-17-18-27(22)5/h9,11,14,17-18H,6-8,10,12-13,15-16H2,1-5H3,(H,28,29)(H,30,31)/b20-11+,21-14+. The molecule has 0 saturated carbocycles. The number of carboxylic acids is 2. The Morgan fingerprint density at radius 1 is 1.00 bits per heavy atom. The van der Waals surface area contributed by atoms with Crippen LogP contribution in [0.5, 0.6) is 0 Å². The number of hydrogen-bond acceptors (Lipinski definition) is 3. The van der Waals surface area contributed by atoms with Crippen molar-refractivity contribution in [2.24, 2.45) is 12.5 Å². The van der Waals surface area contributed by atoms with Crippen molar-refractivity contribution in [1.82, 2.24) is 9.55 Å². The summed E-state index contributed by atoms with van der Waals surface area (Å²) in [6.07, 6.45) is 14.5. The summed E-state index contributed by atoms with van der Waals surface area (Å²) >= 11 is 0. The monoisotopic (exact) mass is 430 g/mol. The van der Waals surface area contributed by atoms with Crippen LogP contribution in [0.3, 0.4) is 0 Å². The molecule has 0 bridgehead atoms. The number of rotatable bonds is 14. The van der Waals surface area contributed by atoms with Crippen molar-refractivity contribution in [2.45, 2.75) is 79.1 Å².